The van der Waals surface area contributed by atoms with Crippen LogP contribution in [0.5, 0.6) is 11.5 Å². The van der Waals surface area contributed by atoms with Crippen LogP contribution in [0.15, 0.2) is 71.9 Å². The molecule has 0 atom stereocenters. The minimum atomic E-state index is -3.87. The molecule has 4 rings (SSSR count). The molecule has 1 aromatic heterocycles. The Morgan fingerprint density at radius 1 is 0.938 bits per heavy atom. The third-order valence-electron chi connectivity index (χ3n) is 4.94. The van der Waals surface area contributed by atoms with Crippen LogP contribution in [0, 0.1) is 0 Å². The van der Waals surface area contributed by atoms with Crippen LogP contribution in [0.4, 0.5) is 0 Å². The summed E-state index contributed by atoms with van der Waals surface area (Å²) in [5.74, 6) is 0.261. The monoisotopic (exact) mass is 454 g/mol. The van der Waals surface area contributed by atoms with Crippen molar-refractivity contribution in [1.29, 1.82) is 0 Å². The van der Waals surface area contributed by atoms with Crippen LogP contribution >= 0.6 is 0 Å². The highest BCUT2D eigenvalue weighted by atomic mass is 32.2. The molecule has 0 fully saturated rings. The number of hydrogen-bond donors (Lipinski definition) is 1. The Labute approximate surface area is 186 Å². The number of rotatable bonds is 8. The number of carboxylic acid groups (broad SMARTS) is 1. The Hall–Kier alpha value is -3.43. The number of nitrogens with zero attached hydrogens (tertiary/aromatic N) is 2. The Bertz CT molecular complexity index is 1210. The lowest BCUT2D eigenvalue weighted by Gasteiger charge is -2.24. The number of hydrogen-bond acceptors (Lipinski definition) is 6. The maximum absolute atomic E-state index is 13.4. The molecule has 32 heavy (non-hydrogen) atoms. The maximum Gasteiger partial charge on any atom is 0.307 e. The number of fused-ring (bicyclic) bond motifs is 1. The summed E-state index contributed by atoms with van der Waals surface area (Å²) in [6.07, 6.45) is 2.69. The first kappa shape index (κ1) is 21.8. The van der Waals surface area contributed by atoms with E-state index in [1.54, 1.807) is 48.5 Å². The van der Waals surface area contributed by atoms with Crippen LogP contribution in [0.25, 0.3) is 0 Å². The van der Waals surface area contributed by atoms with Gasteiger partial charge in [0, 0.05) is 25.5 Å². The van der Waals surface area contributed by atoms with Crippen molar-refractivity contribution in [3.63, 3.8) is 0 Å². The van der Waals surface area contributed by atoms with Crippen molar-refractivity contribution in [3.8, 4) is 11.5 Å². The SMILES string of the molecule is O=C(O)Cc1cccc(CN(Cc2ccc3c(c2)OCCO3)S(=O)(=O)c2cccnc2)c1. The highest BCUT2D eigenvalue weighted by Gasteiger charge is 2.26. The van der Waals surface area contributed by atoms with E-state index < -0.39 is 16.0 Å². The van der Waals surface area contributed by atoms with Crippen LogP contribution in [-0.4, -0.2) is 42.0 Å². The summed E-state index contributed by atoms with van der Waals surface area (Å²) in [5, 5.41) is 9.07. The van der Waals surface area contributed by atoms with E-state index in [0.29, 0.717) is 35.8 Å². The molecule has 0 radical (unpaired) electrons. The lowest BCUT2D eigenvalue weighted by molar-refractivity contribution is -0.136. The zero-order valence-corrected chi connectivity index (χ0v) is 18.0. The minimum Gasteiger partial charge on any atom is -0.486 e. The molecule has 2 heterocycles. The Morgan fingerprint density at radius 3 is 2.38 bits per heavy atom. The molecule has 0 aliphatic carbocycles. The van der Waals surface area contributed by atoms with Crippen molar-refractivity contribution in [1.82, 2.24) is 9.29 Å². The molecule has 9 heteroatoms. The zero-order valence-electron chi connectivity index (χ0n) is 17.2. The molecule has 0 unspecified atom stereocenters. The van der Waals surface area contributed by atoms with Crippen LogP contribution in [0.3, 0.4) is 0 Å². The molecule has 8 nitrogen and oxygen atoms in total. The Morgan fingerprint density at radius 2 is 1.66 bits per heavy atom. The van der Waals surface area contributed by atoms with Gasteiger partial charge in [-0.15, -0.1) is 0 Å². The van der Waals surface area contributed by atoms with E-state index >= 15 is 0 Å². The summed E-state index contributed by atoms with van der Waals surface area (Å²) in [4.78, 5) is 15.1. The number of carboxylic acids is 1. The third kappa shape index (κ3) is 5.06. The summed E-state index contributed by atoms with van der Waals surface area (Å²) in [5.41, 5.74) is 2.03. The van der Waals surface area contributed by atoms with Crippen LogP contribution < -0.4 is 9.47 Å². The molecule has 0 amide bonds. The van der Waals surface area contributed by atoms with Crippen LogP contribution in [0.1, 0.15) is 16.7 Å². The van der Waals surface area contributed by atoms with E-state index in [4.69, 9.17) is 14.6 Å². The average molecular weight is 455 g/mol. The molecule has 1 aliphatic rings. The number of sulfonamides is 1. The van der Waals surface area contributed by atoms with Crippen molar-refractivity contribution in [2.45, 2.75) is 24.4 Å². The molecule has 0 saturated heterocycles. The number of aromatic nitrogens is 1. The van der Waals surface area contributed by atoms with Gasteiger partial charge in [0.15, 0.2) is 11.5 Å². The summed E-state index contributed by atoms with van der Waals surface area (Å²) in [7, 11) is -3.87. The highest BCUT2D eigenvalue weighted by molar-refractivity contribution is 7.89. The Balaban J connectivity index is 1.66. The van der Waals surface area contributed by atoms with Gasteiger partial charge in [0.25, 0.3) is 0 Å². The van der Waals surface area contributed by atoms with E-state index in [1.165, 1.54) is 22.8 Å². The average Bonchev–Trinajstić information content (AvgIpc) is 2.79. The van der Waals surface area contributed by atoms with Gasteiger partial charge in [-0.3, -0.25) is 9.78 Å². The summed E-state index contributed by atoms with van der Waals surface area (Å²) in [6.45, 7) is 1.07. The maximum atomic E-state index is 13.4. The van der Waals surface area contributed by atoms with Gasteiger partial charge in [0.2, 0.25) is 10.0 Å². The van der Waals surface area contributed by atoms with Gasteiger partial charge in [-0.25, -0.2) is 8.42 Å². The first-order valence-electron chi connectivity index (χ1n) is 10.00. The number of pyridine rings is 1. The topological polar surface area (TPSA) is 106 Å². The largest absolute Gasteiger partial charge is 0.486 e. The molecule has 166 valence electrons. The van der Waals surface area contributed by atoms with E-state index in [2.05, 4.69) is 4.98 Å². The second-order valence-electron chi connectivity index (χ2n) is 7.33. The van der Waals surface area contributed by atoms with Crippen molar-refractivity contribution in [2.24, 2.45) is 0 Å². The molecule has 3 aromatic rings. The summed E-state index contributed by atoms with van der Waals surface area (Å²) < 4.78 is 39.4. The van der Waals surface area contributed by atoms with Crippen molar-refractivity contribution < 1.29 is 27.8 Å². The zero-order chi connectivity index (χ0) is 22.6. The van der Waals surface area contributed by atoms with E-state index in [9.17, 15) is 13.2 Å². The number of carbonyl (C=O) groups is 1. The molecule has 2 aromatic carbocycles. The number of ether oxygens (including phenoxy) is 2. The van der Waals surface area contributed by atoms with Crippen LogP contribution in [0.2, 0.25) is 0 Å². The second kappa shape index (κ2) is 9.37. The quantitative estimate of drug-likeness (QED) is 0.558. The van der Waals surface area contributed by atoms with Crippen molar-refractivity contribution in [3.05, 3.63) is 83.7 Å². The second-order valence-corrected chi connectivity index (χ2v) is 9.27. The summed E-state index contributed by atoms with van der Waals surface area (Å²) >= 11 is 0. The molecule has 1 aliphatic heterocycles. The molecular weight excluding hydrogens is 432 g/mol. The van der Waals surface area contributed by atoms with Gasteiger partial charge in [-0.1, -0.05) is 30.3 Å². The van der Waals surface area contributed by atoms with Crippen LogP contribution in [-0.2, 0) is 34.3 Å². The lowest BCUT2D eigenvalue weighted by atomic mass is 10.1. The normalized spacial score (nSPS) is 13.2. The molecule has 0 saturated carbocycles. The van der Waals surface area contributed by atoms with Gasteiger partial charge in [-0.2, -0.15) is 4.31 Å². The lowest BCUT2D eigenvalue weighted by Crippen LogP contribution is -2.30. The summed E-state index contributed by atoms with van der Waals surface area (Å²) in [6, 6.07) is 15.4. The predicted octanol–water partition coefficient (Wildman–Crippen LogP) is 2.87. The molecular formula is C23H22N2O6S. The number of aliphatic carboxylic acids is 1. The molecule has 0 spiro atoms. The fourth-order valence-corrected chi connectivity index (χ4v) is 4.86. The number of benzene rings is 2. The van der Waals surface area contributed by atoms with Crippen molar-refractivity contribution in [2.75, 3.05) is 13.2 Å². The predicted molar refractivity (Wildman–Crippen MR) is 116 cm³/mol. The van der Waals surface area contributed by atoms with Gasteiger partial charge in [0.1, 0.15) is 18.1 Å². The standard InChI is InChI=1S/C23H22N2O6S/c26-23(27)13-17-3-1-4-18(11-17)15-25(32(28,29)20-5-2-8-24-14-20)16-19-6-7-21-22(12-19)31-10-9-30-21/h1-8,11-12,14H,9-10,13,15-16H2,(H,26,27). The fourth-order valence-electron chi connectivity index (χ4n) is 3.48. The smallest absolute Gasteiger partial charge is 0.307 e. The molecule has 0 bridgehead atoms. The van der Waals surface area contributed by atoms with Gasteiger partial charge < -0.3 is 14.6 Å². The first-order chi connectivity index (χ1) is 15.4. The van der Waals surface area contributed by atoms with E-state index in [-0.39, 0.29) is 24.4 Å². The third-order valence-corrected chi connectivity index (χ3v) is 6.72. The van der Waals surface area contributed by atoms with E-state index in [0.717, 1.165) is 5.56 Å². The fraction of sp³-hybridized carbons (Fsp3) is 0.217. The van der Waals surface area contributed by atoms with Gasteiger partial charge >= 0.3 is 5.97 Å². The minimum absolute atomic E-state index is 0.0686. The highest BCUT2D eigenvalue weighted by Crippen LogP contribution is 2.32. The molecule has 1 N–H and O–H groups in total. The van der Waals surface area contributed by atoms with E-state index in [1.807, 2.05) is 0 Å². The Kier molecular flexibility index (Phi) is 6.38. The van der Waals surface area contributed by atoms with Gasteiger partial charge in [0.05, 0.1) is 6.42 Å². The van der Waals surface area contributed by atoms with Crippen molar-refractivity contribution >= 4 is 16.0 Å². The van der Waals surface area contributed by atoms with Gasteiger partial charge in [-0.05, 0) is 41.0 Å². The first-order valence-corrected chi connectivity index (χ1v) is 11.4.